The van der Waals surface area contributed by atoms with Gasteiger partial charge in [-0.3, -0.25) is 14.9 Å². The van der Waals surface area contributed by atoms with Gasteiger partial charge in [-0.05, 0) is 55.7 Å². The fourth-order valence-electron chi connectivity index (χ4n) is 3.42. The number of amides is 2. The summed E-state index contributed by atoms with van der Waals surface area (Å²) in [5.74, 6) is -1.94. The smallest absolute Gasteiger partial charge is 0.258 e. The van der Waals surface area contributed by atoms with E-state index in [0.717, 1.165) is 5.56 Å². The molecule has 0 spiro atoms. The molecule has 1 aliphatic rings. The second-order valence-corrected chi connectivity index (χ2v) is 9.57. The average molecular weight is 416 g/mol. The van der Waals surface area contributed by atoms with Crippen molar-refractivity contribution in [3.8, 4) is 0 Å². The van der Waals surface area contributed by atoms with Gasteiger partial charge in [0.2, 0.25) is 0 Å². The third kappa shape index (κ3) is 6.75. The van der Waals surface area contributed by atoms with Gasteiger partial charge in [-0.1, -0.05) is 57.2 Å². The van der Waals surface area contributed by atoms with Crippen molar-refractivity contribution >= 4 is 17.9 Å². The van der Waals surface area contributed by atoms with Gasteiger partial charge >= 0.3 is 0 Å². The Morgan fingerprint density at radius 2 is 1.80 bits per heavy atom. The van der Waals surface area contributed by atoms with Crippen LogP contribution in [0.1, 0.15) is 64.5 Å². The van der Waals surface area contributed by atoms with E-state index in [1.54, 1.807) is 6.08 Å². The molecule has 0 aromatic heterocycles. The van der Waals surface area contributed by atoms with Gasteiger partial charge in [-0.15, -0.1) is 0 Å². The molecular formula is C25H31F2NO2. The first kappa shape index (κ1) is 23.7. The van der Waals surface area contributed by atoms with Gasteiger partial charge in [0.05, 0.1) is 0 Å². The summed E-state index contributed by atoms with van der Waals surface area (Å²) in [6, 6.07) is 7.37. The molecule has 30 heavy (non-hydrogen) atoms. The molecule has 3 nitrogen and oxygen atoms in total. The molecule has 1 unspecified atom stereocenters. The lowest BCUT2D eigenvalue weighted by Crippen LogP contribution is -2.35. The van der Waals surface area contributed by atoms with Crippen LogP contribution >= 0.6 is 0 Å². The van der Waals surface area contributed by atoms with Crippen molar-refractivity contribution in [3.05, 3.63) is 64.5 Å². The molecule has 0 bridgehead atoms. The van der Waals surface area contributed by atoms with E-state index in [1.807, 2.05) is 52.0 Å². The normalized spacial score (nSPS) is 20.2. The maximum absolute atomic E-state index is 14.8. The summed E-state index contributed by atoms with van der Waals surface area (Å²) >= 11 is 0. The summed E-state index contributed by atoms with van der Waals surface area (Å²) in [5.41, 5.74) is 0.405. The summed E-state index contributed by atoms with van der Waals surface area (Å²) in [4.78, 5) is 25.4. The van der Waals surface area contributed by atoms with Crippen LogP contribution in [0.3, 0.4) is 0 Å². The van der Waals surface area contributed by atoms with Crippen molar-refractivity contribution in [3.63, 3.8) is 0 Å². The minimum absolute atomic E-state index is 0.0451. The van der Waals surface area contributed by atoms with Crippen LogP contribution in [-0.2, 0) is 9.59 Å². The highest BCUT2D eigenvalue weighted by Gasteiger charge is 2.34. The molecule has 5 heteroatoms. The number of imide groups is 1. The summed E-state index contributed by atoms with van der Waals surface area (Å²) in [6.45, 7) is 13.0. The monoisotopic (exact) mass is 415 g/mol. The number of halogens is 2. The van der Waals surface area contributed by atoms with E-state index < -0.39 is 23.3 Å². The Morgan fingerprint density at radius 3 is 2.33 bits per heavy atom. The second kappa shape index (κ2) is 9.07. The van der Waals surface area contributed by atoms with Crippen LogP contribution in [0.2, 0.25) is 0 Å². The fourth-order valence-corrected chi connectivity index (χ4v) is 3.42. The van der Waals surface area contributed by atoms with Crippen LogP contribution < -0.4 is 5.32 Å². The quantitative estimate of drug-likeness (QED) is 0.586. The number of rotatable bonds is 5. The Kier molecular flexibility index (Phi) is 7.17. The molecule has 1 aromatic carbocycles. The first-order chi connectivity index (χ1) is 13.8. The van der Waals surface area contributed by atoms with Gasteiger partial charge in [-0.25, -0.2) is 8.78 Å². The van der Waals surface area contributed by atoms with E-state index in [-0.39, 0.29) is 41.4 Å². The van der Waals surface area contributed by atoms with Gasteiger partial charge in [0, 0.05) is 17.6 Å². The summed E-state index contributed by atoms with van der Waals surface area (Å²) < 4.78 is 29.0. The third-order valence-corrected chi connectivity index (χ3v) is 5.00. The van der Waals surface area contributed by atoms with Crippen molar-refractivity contribution in [1.82, 2.24) is 5.32 Å². The number of allylic oxidation sites excluding steroid dienone is 1. The first-order valence-corrected chi connectivity index (χ1v) is 10.2. The molecule has 2 amide bonds. The fraction of sp³-hybridized carbons (Fsp3) is 0.440. The number of carbonyl (C=O) groups excluding carboxylic acids is 2. The van der Waals surface area contributed by atoms with Gasteiger partial charge < -0.3 is 0 Å². The molecule has 1 N–H and O–H groups in total. The maximum atomic E-state index is 14.8. The topological polar surface area (TPSA) is 46.2 Å². The maximum Gasteiger partial charge on any atom is 0.258 e. The largest absolute Gasteiger partial charge is 0.288 e. The summed E-state index contributed by atoms with van der Waals surface area (Å²) in [7, 11) is 0. The number of aryl methyl sites for hydroxylation is 1. The molecule has 2 rings (SSSR count). The van der Waals surface area contributed by atoms with E-state index in [1.165, 1.54) is 6.92 Å². The Balaban J connectivity index is 2.36. The van der Waals surface area contributed by atoms with Crippen LogP contribution in [0.15, 0.2) is 53.4 Å². The van der Waals surface area contributed by atoms with Crippen LogP contribution in [0.4, 0.5) is 8.78 Å². The third-order valence-electron chi connectivity index (χ3n) is 5.00. The Hall–Kier alpha value is -2.56. The molecule has 0 fully saturated rings. The van der Waals surface area contributed by atoms with Crippen molar-refractivity contribution in [2.45, 2.75) is 66.0 Å². The Morgan fingerprint density at radius 1 is 1.20 bits per heavy atom. The van der Waals surface area contributed by atoms with Gasteiger partial charge in [-0.2, -0.15) is 0 Å². The number of alkyl halides is 1. The lowest BCUT2D eigenvalue weighted by molar-refractivity contribution is -0.126. The summed E-state index contributed by atoms with van der Waals surface area (Å²) in [5, 5.41) is 2.33. The molecule has 0 heterocycles. The minimum Gasteiger partial charge on any atom is -0.288 e. The van der Waals surface area contributed by atoms with Gasteiger partial charge in [0.1, 0.15) is 11.5 Å². The summed E-state index contributed by atoms with van der Waals surface area (Å²) in [6.07, 6.45) is 1.77. The lowest BCUT2D eigenvalue weighted by atomic mass is 9.83. The molecular weight excluding hydrogens is 384 g/mol. The number of nitrogens with one attached hydrogen (secondary N) is 1. The zero-order valence-electron chi connectivity index (χ0n) is 18.5. The minimum atomic E-state index is -1.64. The zero-order valence-corrected chi connectivity index (χ0v) is 18.5. The molecule has 1 atom stereocenters. The molecule has 162 valence electrons. The number of carbonyl (C=O) groups is 2. The van der Waals surface area contributed by atoms with E-state index in [9.17, 15) is 18.4 Å². The molecule has 1 aromatic rings. The molecule has 1 aliphatic carbocycles. The zero-order chi connectivity index (χ0) is 22.7. The SMILES string of the molecule is C=C(CC(C)(C)C)C(=O)NC(=O)/C(=C/c1ccc(C)cc1)C1=C(F)CC(C)(F)CC1. The van der Waals surface area contributed by atoms with Crippen LogP contribution in [0.5, 0.6) is 0 Å². The van der Waals surface area contributed by atoms with Crippen molar-refractivity contribution in [1.29, 1.82) is 0 Å². The highest BCUT2D eigenvalue weighted by Crippen LogP contribution is 2.39. The lowest BCUT2D eigenvalue weighted by Gasteiger charge is -2.27. The molecule has 0 saturated heterocycles. The van der Waals surface area contributed by atoms with Gasteiger partial charge in [0.25, 0.3) is 11.8 Å². The van der Waals surface area contributed by atoms with Crippen molar-refractivity contribution < 1.29 is 18.4 Å². The van der Waals surface area contributed by atoms with E-state index in [2.05, 4.69) is 11.9 Å². The highest BCUT2D eigenvalue weighted by atomic mass is 19.1. The van der Waals surface area contributed by atoms with Crippen molar-refractivity contribution in [2.75, 3.05) is 0 Å². The molecule has 0 radical (unpaired) electrons. The Bertz CT molecular complexity index is 900. The average Bonchev–Trinajstić information content (AvgIpc) is 2.59. The Labute approximate surface area is 177 Å². The standard InChI is InChI=1S/C25H31F2NO2/c1-16-7-9-18(10-8-16)13-20(19-11-12-25(6,27)15-21(19)26)23(30)28-22(29)17(2)14-24(3,4)5/h7-10,13H,2,11-12,14-15H2,1,3-6H3,(H,28,29,30)/b20-13+. The van der Waals surface area contributed by atoms with E-state index >= 15 is 0 Å². The van der Waals surface area contributed by atoms with Crippen LogP contribution in [0, 0.1) is 12.3 Å². The van der Waals surface area contributed by atoms with Gasteiger partial charge in [0.15, 0.2) is 0 Å². The van der Waals surface area contributed by atoms with E-state index in [4.69, 9.17) is 0 Å². The number of hydrogen-bond donors (Lipinski definition) is 1. The predicted molar refractivity (Wildman–Crippen MR) is 117 cm³/mol. The second-order valence-electron chi connectivity index (χ2n) is 9.57. The van der Waals surface area contributed by atoms with Crippen molar-refractivity contribution in [2.24, 2.45) is 5.41 Å². The highest BCUT2D eigenvalue weighted by molar-refractivity contribution is 6.13. The van der Waals surface area contributed by atoms with Crippen LogP contribution in [-0.4, -0.2) is 17.5 Å². The molecule has 0 saturated carbocycles. The van der Waals surface area contributed by atoms with Crippen LogP contribution in [0.25, 0.3) is 6.08 Å². The number of benzene rings is 1. The first-order valence-electron chi connectivity index (χ1n) is 10.2. The predicted octanol–water partition coefficient (Wildman–Crippen LogP) is 6.15. The number of hydrogen-bond acceptors (Lipinski definition) is 2. The molecule has 0 aliphatic heterocycles. The van der Waals surface area contributed by atoms with E-state index in [0.29, 0.717) is 12.0 Å².